The molecule has 1 amide bonds. The maximum absolute atomic E-state index is 12.9. The van der Waals surface area contributed by atoms with E-state index in [1.165, 1.54) is 17.4 Å². The molecule has 1 aliphatic rings. The van der Waals surface area contributed by atoms with Crippen LogP contribution in [0.3, 0.4) is 0 Å². The van der Waals surface area contributed by atoms with E-state index < -0.39 is 17.7 Å². The number of benzene rings is 1. The summed E-state index contributed by atoms with van der Waals surface area (Å²) >= 11 is 0. The second-order valence-electron chi connectivity index (χ2n) is 6.77. The Bertz CT molecular complexity index is 1230. The molecule has 1 saturated heterocycles. The van der Waals surface area contributed by atoms with Gasteiger partial charge >= 0.3 is 0 Å². The normalized spacial score (nSPS) is 18.8. The van der Waals surface area contributed by atoms with Gasteiger partial charge in [-0.3, -0.25) is 9.59 Å². The van der Waals surface area contributed by atoms with E-state index in [2.05, 4.69) is 4.98 Å². The summed E-state index contributed by atoms with van der Waals surface area (Å²) in [5.41, 5.74) is 1.25. The van der Waals surface area contributed by atoms with Crippen LogP contribution in [0.5, 0.6) is 0 Å². The van der Waals surface area contributed by atoms with Gasteiger partial charge in [0.1, 0.15) is 23.3 Å². The number of fused-ring (bicyclic) bond motifs is 1. The molecule has 0 bridgehead atoms. The van der Waals surface area contributed by atoms with Crippen molar-refractivity contribution in [1.29, 1.82) is 0 Å². The first kappa shape index (κ1) is 17.1. The quantitative estimate of drug-likeness (QED) is 0.313. The highest BCUT2D eigenvalue weighted by atomic mass is 16.3. The van der Waals surface area contributed by atoms with Crippen molar-refractivity contribution in [2.24, 2.45) is 0 Å². The number of aromatic amines is 1. The number of furan rings is 2. The van der Waals surface area contributed by atoms with Crippen molar-refractivity contribution in [3.63, 3.8) is 0 Å². The van der Waals surface area contributed by atoms with Gasteiger partial charge in [0.15, 0.2) is 0 Å². The third-order valence-corrected chi connectivity index (χ3v) is 5.10. The molecule has 5 rings (SSSR count). The van der Waals surface area contributed by atoms with Gasteiger partial charge in [-0.1, -0.05) is 18.2 Å². The number of carbonyl (C=O) groups is 2. The second-order valence-corrected chi connectivity index (χ2v) is 6.77. The molecule has 4 heterocycles. The van der Waals surface area contributed by atoms with Crippen LogP contribution in [0.1, 0.15) is 23.1 Å². The van der Waals surface area contributed by atoms with Crippen molar-refractivity contribution in [1.82, 2.24) is 9.88 Å². The van der Waals surface area contributed by atoms with E-state index >= 15 is 0 Å². The van der Waals surface area contributed by atoms with E-state index in [9.17, 15) is 14.7 Å². The SMILES string of the molecule is O=C1C(=O)N(Cc2ccco2)C(c2ccco2)/C1=C(/O)c1c[nH]c2ccccc12. The molecule has 0 spiro atoms. The number of hydrogen-bond donors (Lipinski definition) is 2. The lowest BCUT2D eigenvalue weighted by Gasteiger charge is -2.22. The molecule has 1 aromatic carbocycles. The number of aliphatic hydroxyl groups excluding tert-OH is 1. The predicted molar refractivity (Wildman–Crippen MR) is 104 cm³/mol. The lowest BCUT2D eigenvalue weighted by atomic mass is 9.99. The number of hydrogen-bond acceptors (Lipinski definition) is 5. The Morgan fingerprint density at radius 1 is 1.03 bits per heavy atom. The fourth-order valence-electron chi connectivity index (χ4n) is 3.77. The van der Waals surface area contributed by atoms with Crippen molar-refractivity contribution >= 4 is 28.4 Å². The van der Waals surface area contributed by atoms with Gasteiger partial charge in [-0.15, -0.1) is 0 Å². The highest BCUT2D eigenvalue weighted by molar-refractivity contribution is 6.46. The van der Waals surface area contributed by atoms with Crippen LogP contribution in [0.4, 0.5) is 0 Å². The maximum Gasteiger partial charge on any atom is 0.296 e. The monoisotopic (exact) mass is 388 g/mol. The summed E-state index contributed by atoms with van der Waals surface area (Å²) in [6.45, 7) is 0.0770. The molecule has 1 fully saturated rings. The van der Waals surface area contributed by atoms with Crippen LogP contribution in [0.2, 0.25) is 0 Å². The van der Waals surface area contributed by atoms with E-state index in [0.717, 1.165) is 10.9 Å². The van der Waals surface area contributed by atoms with Crippen molar-refractivity contribution in [3.05, 3.63) is 89.9 Å². The minimum atomic E-state index is -0.858. The molecule has 7 heteroatoms. The Morgan fingerprint density at radius 3 is 2.59 bits per heavy atom. The summed E-state index contributed by atoms with van der Waals surface area (Å²) in [6, 6.07) is 13.3. The smallest absolute Gasteiger partial charge is 0.296 e. The molecule has 0 aliphatic carbocycles. The Morgan fingerprint density at radius 2 is 1.83 bits per heavy atom. The third-order valence-electron chi connectivity index (χ3n) is 5.10. The molecule has 3 aromatic heterocycles. The Balaban J connectivity index is 1.68. The third kappa shape index (κ3) is 2.67. The molecule has 29 heavy (non-hydrogen) atoms. The van der Waals surface area contributed by atoms with E-state index in [1.54, 1.807) is 30.5 Å². The van der Waals surface area contributed by atoms with E-state index in [0.29, 0.717) is 17.1 Å². The number of para-hydroxylation sites is 1. The zero-order chi connectivity index (χ0) is 20.0. The molecule has 1 aliphatic heterocycles. The number of likely N-dealkylation sites (tertiary alicyclic amines) is 1. The van der Waals surface area contributed by atoms with Gasteiger partial charge in [0.05, 0.1) is 24.6 Å². The number of aliphatic hydroxyl groups is 1. The van der Waals surface area contributed by atoms with Gasteiger partial charge in [-0.25, -0.2) is 0 Å². The Labute approximate surface area is 164 Å². The predicted octanol–water partition coefficient (Wildman–Crippen LogP) is 3.98. The van der Waals surface area contributed by atoms with Gasteiger partial charge in [-0.2, -0.15) is 0 Å². The van der Waals surface area contributed by atoms with Crippen LogP contribution in [0.25, 0.3) is 16.7 Å². The average Bonchev–Trinajstić information content (AvgIpc) is 3.52. The number of carbonyl (C=O) groups excluding carboxylic acids is 2. The van der Waals surface area contributed by atoms with Crippen molar-refractivity contribution in [2.45, 2.75) is 12.6 Å². The number of nitrogens with one attached hydrogen (secondary N) is 1. The summed E-state index contributed by atoms with van der Waals surface area (Å²) < 4.78 is 10.9. The molecule has 4 aromatic rings. The van der Waals surface area contributed by atoms with Crippen molar-refractivity contribution in [3.8, 4) is 0 Å². The number of ketones is 1. The molecule has 144 valence electrons. The minimum absolute atomic E-state index is 0.0127. The lowest BCUT2D eigenvalue weighted by molar-refractivity contribution is -0.140. The highest BCUT2D eigenvalue weighted by Crippen LogP contribution is 2.41. The maximum atomic E-state index is 12.9. The van der Waals surface area contributed by atoms with Crippen molar-refractivity contribution in [2.75, 3.05) is 0 Å². The standard InChI is InChI=1S/C22H16N2O5/c25-20(15-11-23-16-7-2-1-6-14(15)16)18-19(17-8-4-10-29-17)24(22(27)21(18)26)12-13-5-3-9-28-13/h1-11,19,23,25H,12H2/b20-18-. The number of H-pyrrole nitrogens is 1. The molecule has 0 saturated carbocycles. The second kappa shape index (κ2) is 6.56. The first-order chi connectivity index (χ1) is 14.1. The van der Waals surface area contributed by atoms with Gasteiger partial charge in [0.25, 0.3) is 11.7 Å². The fraction of sp³-hybridized carbons (Fsp3) is 0.0909. The highest BCUT2D eigenvalue weighted by Gasteiger charge is 2.47. The number of aromatic nitrogens is 1. The zero-order valence-electron chi connectivity index (χ0n) is 15.2. The van der Waals surface area contributed by atoms with Crippen LogP contribution >= 0.6 is 0 Å². The van der Waals surface area contributed by atoms with Crippen LogP contribution < -0.4 is 0 Å². The Kier molecular flexibility index (Phi) is 3.87. The largest absolute Gasteiger partial charge is 0.507 e. The molecule has 0 radical (unpaired) electrons. The molecule has 2 N–H and O–H groups in total. The fourth-order valence-corrected chi connectivity index (χ4v) is 3.77. The van der Waals surface area contributed by atoms with E-state index in [-0.39, 0.29) is 17.9 Å². The van der Waals surface area contributed by atoms with Gasteiger partial charge < -0.3 is 23.8 Å². The first-order valence-electron chi connectivity index (χ1n) is 9.06. The van der Waals surface area contributed by atoms with E-state index in [4.69, 9.17) is 8.83 Å². The summed E-state index contributed by atoms with van der Waals surface area (Å²) in [7, 11) is 0. The Hall–Kier alpha value is -4.00. The van der Waals surface area contributed by atoms with Crippen LogP contribution in [0.15, 0.2) is 81.7 Å². The molecular weight excluding hydrogens is 372 g/mol. The molecule has 1 unspecified atom stereocenters. The number of Topliss-reactive ketones (excluding diaryl/α,β-unsaturated/α-hetero) is 1. The topological polar surface area (TPSA) is 99.7 Å². The molecule has 1 atom stereocenters. The van der Waals surface area contributed by atoms with Crippen LogP contribution in [0, 0.1) is 0 Å². The number of rotatable bonds is 4. The zero-order valence-corrected chi connectivity index (χ0v) is 15.2. The summed E-state index contributed by atoms with van der Waals surface area (Å²) in [5.74, 6) is -0.818. The van der Waals surface area contributed by atoms with Crippen LogP contribution in [-0.4, -0.2) is 26.7 Å². The van der Waals surface area contributed by atoms with Crippen molar-refractivity contribution < 1.29 is 23.5 Å². The van der Waals surface area contributed by atoms with Gasteiger partial charge in [0, 0.05) is 22.7 Å². The average molecular weight is 388 g/mol. The minimum Gasteiger partial charge on any atom is -0.507 e. The first-order valence-corrected chi connectivity index (χ1v) is 9.06. The van der Waals surface area contributed by atoms with Gasteiger partial charge in [0.2, 0.25) is 0 Å². The number of amides is 1. The molecular formula is C22H16N2O5. The van der Waals surface area contributed by atoms with Gasteiger partial charge in [-0.05, 0) is 30.3 Å². The summed E-state index contributed by atoms with van der Waals surface area (Å²) in [6.07, 6.45) is 4.59. The van der Waals surface area contributed by atoms with E-state index in [1.807, 2.05) is 24.3 Å². The summed E-state index contributed by atoms with van der Waals surface area (Å²) in [5, 5.41) is 11.9. The summed E-state index contributed by atoms with van der Waals surface area (Å²) in [4.78, 5) is 30.2. The van der Waals surface area contributed by atoms with Crippen LogP contribution in [-0.2, 0) is 16.1 Å². The lowest BCUT2D eigenvalue weighted by Crippen LogP contribution is -2.28. The number of nitrogens with zero attached hydrogens (tertiary/aromatic N) is 1. The molecule has 7 nitrogen and oxygen atoms in total.